The first-order valence-corrected chi connectivity index (χ1v) is 7.23. The maximum atomic E-state index is 11.7. The monoisotopic (exact) mass is 325 g/mol. The van der Waals surface area contributed by atoms with Crippen molar-refractivity contribution in [1.29, 1.82) is 0 Å². The zero-order chi connectivity index (χ0) is 17.0. The van der Waals surface area contributed by atoms with Gasteiger partial charge in [0.25, 0.3) is 0 Å². The summed E-state index contributed by atoms with van der Waals surface area (Å²) in [6, 6.07) is 16.0. The maximum absolute atomic E-state index is 11.7. The smallest absolute Gasteiger partial charge is 0.324 e. The van der Waals surface area contributed by atoms with E-state index in [-0.39, 0.29) is 6.01 Å². The summed E-state index contributed by atoms with van der Waals surface area (Å²) >= 11 is 0. The van der Waals surface area contributed by atoms with E-state index in [4.69, 9.17) is 9.15 Å². The van der Waals surface area contributed by atoms with E-state index in [9.17, 15) is 9.59 Å². The van der Waals surface area contributed by atoms with E-state index < -0.39 is 11.8 Å². The summed E-state index contributed by atoms with van der Waals surface area (Å²) in [6.45, 7) is 1.21. The number of fused-ring (bicyclic) bond motifs is 1. The topological polar surface area (TPSA) is 93.5 Å². The van der Waals surface area contributed by atoms with Gasteiger partial charge in [-0.2, -0.15) is 4.98 Å². The number of aromatic nitrogens is 1. The molecule has 3 aromatic rings. The van der Waals surface area contributed by atoms with Crippen LogP contribution >= 0.6 is 0 Å². The highest BCUT2D eigenvalue weighted by atomic mass is 16.6. The summed E-state index contributed by atoms with van der Waals surface area (Å²) < 4.78 is 10.7. The number of hydrogen-bond donors (Lipinski definition) is 2. The molecule has 7 heteroatoms. The number of para-hydroxylation sites is 3. The van der Waals surface area contributed by atoms with Crippen LogP contribution in [0.4, 0.5) is 11.7 Å². The van der Waals surface area contributed by atoms with Crippen molar-refractivity contribution in [2.45, 2.75) is 12.8 Å². The third kappa shape index (κ3) is 3.35. The number of ether oxygens (including phenoxy) is 1. The zero-order valence-corrected chi connectivity index (χ0v) is 12.9. The van der Waals surface area contributed by atoms with Gasteiger partial charge < -0.3 is 14.5 Å². The fourth-order valence-electron chi connectivity index (χ4n) is 2.21. The van der Waals surface area contributed by atoms with Gasteiger partial charge in [0.1, 0.15) is 5.52 Å². The third-order valence-corrected chi connectivity index (χ3v) is 3.16. The normalized spacial score (nSPS) is 13.0. The van der Waals surface area contributed by atoms with Crippen molar-refractivity contribution in [3.63, 3.8) is 0 Å². The second-order valence-electron chi connectivity index (χ2n) is 5.05. The van der Waals surface area contributed by atoms with Crippen LogP contribution < -0.4 is 10.6 Å². The van der Waals surface area contributed by atoms with E-state index >= 15 is 0 Å². The summed E-state index contributed by atoms with van der Waals surface area (Å²) in [7, 11) is 0. The number of carbonyl (C=O) groups is 2. The van der Waals surface area contributed by atoms with Crippen LogP contribution in [0.15, 0.2) is 59.0 Å². The average molecular weight is 325 g/mol. The molecule has 0 amide bonds. The van der Waals surface area contributed by atoms with Gasteiger partial charge in [-0.15, -0.1) is 0 Å². The van der Waals surface area contributed by atoms with Crippen LogP contribution in [-0.2, 0) is 14.3 Å². The molecule has 0 aliphatic rings. The standard InChI is InChI=1S/C17H15N3O4/c1-12(22)24-17(11-21,19-13-7-3-2-4-8-13)20-16-18-14-9-5-6-10-15(14)23-16/h2-11,19H,1H3,(H,18,20). The number of nitrogens with one attached hydrogen (secondary N) is 2. The van der Waals surface area contributed by atoms with E-state index in [1.807, 2.05) is 12.1 Å². The van der Waals surface area contributed by atoms with Crippen molar-refractivity contribution in [3.8, 4) is 0 Å². The average Bonchev–Trinajstić information content (AvgIpc) is 2.97. The number of carbonyl (C=O) groups excluding carboxylic acids is 2. The molecule has 24 heavy (non-hydrogen) atoms. The summed E-state index contributed by atoms with van der Waals surface area (Å²) in [4.78, 5) is 27.4. The lowest BCUT2D eigenvalue weighted by Crippen LogP contribution is -2.51. The lowest BCUT2D eigenvalue weighted by Gasteiger charge is -2.29. The summed E-state index contributed by atoms with van der Waals surface area (Å²) in [5.74, 6) is -2.48. The molecule has 0 saturated heterocycles. The lowest BCUT2D eigenvalue weighted by atomic mass is 10.3. The van der Waals surface area contributed by atoms with Crippen LogP contribution in [0.3, 0.4) is 0 Å². The molecule has 1 aromatic heterocycles. The Hall–Kier alpha value is -3.35. The molecular formula is C17H15N3O4. The van der Waals surface area contributed by atoms with Crippen LogP contribution in [0.25, 0.3) is 11.1 Å². The van der Waals surface area contributed by atoms with Crippen molar-refractivity contribution in [1.82, 2.24) is 4.98 Å². The van der Waals surface area contributed by atoms with E-state index in [2.05, 4.69) is 15.6 Å². The minimum absolute atomic E-state index is 0.0491. The quantitative estimate of drug-likeness (QED) is 0.409. The van der Waals surface area contributed by atoms with Gasteiger partial charge in [-0.25, -0.2) is 0 Å². The Morgan fingerprint density at radius 1 is 1.12 bits per heavy atom. The van der Waals surface area contributed by atoms with E-state index in [1.165, 1.54) is 6.92 Å². The highest BCUT2D eigenvalue weighted by Gasteiger charge is 2.35. The molecule has 0 spiro atoms. The van der Waals surface area contributed by atoms with Crippen LogP contribution in [0.2, 0.25) is 0 Å². The molecular weight excluding hydrogens is 310 g/mol. The molecule has 1 heterocycles. The van der Waals surface area contributed by atoms with Gasteiger partial charge in [0, 0.05) is 12.6 Å². The zero-order valence-electron chi connectivity index (χ0n) is 12.9. The van der Waals surface area contributed by atoms with Crippen molar-refractivity contribution < 1.29 is 18.7 Å². The molecule has 0 fully saturated rings. The fraction of sp³-hybridized carbons (Fsp3) is 0.118. The number of nitrogens with zero attached hydrogens (tertiary/aromatic N) is 1. The summed E-state index contributed by atoms with van der Waals surface area (Å²) in [5, 5.41) is 5.56. The Bertz CT molecular complexity index is 829. The van der Waals surface area contributed by atoms with Crippen LogP contribution in [0.1, 0.15) is 6.92 Å². The van der Waals surface area contributed by atoms with Gasteiger partial charge in [0.05, 0.1) is 0 Å². The van der Waals surface area contributed by atoms with Gasteiger partial charge >= 0.3 is 17.8 Å². The minimum atomic E-state index is -1.84. The van der Waals surface area contributed by atoms with Crippen LogP contribution in [0.5, 0.6) is 0 Å². The molecule has 122 valence electrons. The molecule has 2 N–H and O–H groups in total. The van der Waals surface area contributed by atoms with E-state index in [1.54, 1.807) is 42.5 Å². The molecule has 1 unspecified atom stereocenters. The first kappa shape index (κ1) is 15.5. The minimum Gasteiger partial charge on any atom is -0.423 e. The van der Waals surface area contributed by atoms with Gasteiger partial charge in [0.2, 0.25) is 6.29 Å². The predicted octanol–water partition coefficient (Wildman–Crippen LogP) is 2.77. The number of aldehydes is 1. The maximum Gasteiger partial charge on any atom is 0.324 e. The first-order valence-electron chi connectivity index (χ1n) is 7.23. The number of rotatable bonds is 6. The van der Waals surface area contributed by atoms with Gasteiger partial charge in [-0.05, 0) is 24.3 Å². The second-order valence-corrected chi connectivity index (χ2v) is 5.05. The third-order valence-electron chi connectivity index (χ3n) is 3.16. The van der Waals surface area contributed by atoms with E-state index in [0.717, 1.165) is 0 Å². The predicted molar refractivity (Wildman–Crippen MR) is 88.3 cm³/mol. The van der Waals surface area contributed by atoms with Crippen LogP contribution in [0, 0.1) is 0 Å². The van der Waals surface area contributed by atoms with E-state index in [0.29, 0.717) is 23.1 Å². The second kappa shape index (κ2) is 6.41. The summed E-state index contributed by atoms with van der Waals surface area (Å²) in [6.07, 6.45) is 0.441. The molecule has 3 rings (SSSR count). The highest BCUT2D eigenvalue weighted by molar-refractivity contribution is 5.79. The molecule has 0 bridgehead atoms. The highest BCUT2D eigenvalue weighted by Crippen LogP contribution is 2.23. The van der Waals surface area contributed by atoms with Crippen molar-refractivity contribution >= 4 is 35.1 Å². The summed E-state index contributed by atoms with van der Waals surface area (Å²) in [5.41, 5.74) is 1.74. The molecule has 0 aliphatic carbocycles. The van der Waals surface area contributed by atoms with Gasteiger partial charge in [-0.1, -0.05) is 30.3 Å². The Kier molecular flexibility index (Phi) is 4.15. The molecule has 0 saturated carbocycles. The Labute approximate surface area is 137 Å². The van der Waals surface area contributed by atoms with Crippen molar-refractivity contribution in [2.75, 3.05) is 10.6 Å². The largest absolute Gasteiger partial charge is 0.423 e. The number of esters is 1. The molecule has 2 aromatic carbocycles. The Morgan fingerprint density at radius 3 is 2.50 bits per heavy atom. The Morgan fingerprint density at radius 2 is 1.83 bits per heavy atom. The van der Waals surface area contributed by atoms with Gasteiger partial charge in [0.15, 0.2) is 5.58 Å². The molecule has 7 nitrogen and oxygen atoms in total. The van der Waals surface area contributed by atoms with Crippen molar-refractivity contribution in [3.05, 3.63) is 54.6 Å². The molecule has 1 atom stereocenters. The SMILES string of the molecule is CC(=O)OC(C=O)(Nc1ccccc1)Nc1nc2ccccc2o1. The number of anilines is 2. The van der Waals surface area contributed by atoms with Gasteiger partial charge in [-0.3, -0.25) is 14.9 Å². The number of hydrogen-bond acceptors (Lipinski definition) is 7. The van der Waals surface area contributed by atoms with Crippen molar-refractivity contribution in [2.24, 2.45) is 0 Å². The molecule has 0 radical (unpaired) electrons. The fourth-order valence-corrected chi connectivity index (χ4v) is 2.21. The number of benzene rings is 2. The number of oxazole rings is 1. The first-order chi connectivity index (χ1) is 11.6. The Balaban J connectivity index is 1.93. The molecule has 0 aliphatic heterocycles. The lowest BCUT2D eigenvalue weighted by molar-refractivity contribution is -0.155. The van der Waals surface area contributed by atoms with Crippen LogP contribution in [-0.4, -0.2) is 23.1 Å².